The molecule has 0 amide bonds. The molecular weight excluding hydrogens is 348 g/mol. The summed E-state index contributed by atoms with van der Waals surface area (Å²) in [5.74, 6) is -1.03. The normalized spacial score (nSPS) is 27.9. The summed E-state index contributed by atoms with van der Waals surface area (Å²) < 4.78 is 5.19. The molecule has 0 aromatic rings. The number of hydrogen-bond donors (Lipinski definition) is 4. The lowest BCUT2D eigenvalue weighted by molar-refractivity contribution is -0.139. The van der Waals surface area contributed by atoms with Gasteiger partial charge in [-0.3, -0.25) is 4.79 Å². The molecule has 0 aliphatic heterocycles. The van der Waals surface area contributed by atoms with Crippen molar-refractivity contribution in [3.8, 4) is 0 Å². The van der Waals surface area contributed by atoms with Gasteiger partial charge in [-0.05, 0) is 25.2 Å². The molecule has 6 nitrogen and oxygen atoms in total. The molecule has 0 unspecified atom stereocenters. The van der Waals surface area contributed by atoms with Gasteiger partial charge in [-0.25, -0.2) is 0 Å². The molecule has 0 aromatic heterocycles. The number of ether oxygens (including phenoxy) is 1. The van der Waals surface area contributed by atoms with Crippen LogP contribution in [0.5, 0.6) is 0 Å². The summed E-state index contributed by atoms with van der Waals surface area (Å²) in [6, 6.07) is 0. The Bertz CT molecular complexity index is 438. The lowest BCUT2D eigenvalue weighted by Crippen LogP contribution is -2.21. The van der Waals surface area contributed by atoms with Crippen LogP contribution in [0, 0.1) is 11.8 Å². The molecule has 0 spiro atoms. The van der Waals surface area contributed by atoms with Gasteiger partial charge in [0.25, 0.3) is 0 Å². The van der Waals surface area contributed by atoms with Crippen molar-refractivity contribution in [1.82, 2.24) is 0 Å². The SMILES string of the molecule is CCCCC[C@@H](O)/C=C/[C@H]1[C@@H](CCCC[C@@H](CC(=O)O)OC)[C@@H](O)C[C@H]1O. The molecular formula is C21H38O6. The van der Waals surface area contributed by atoms with E-state index in [1.165, 1.54) is 7.11 Å². The third-order valence-corrected chi connectivity index (χ3v) is 5.62. The van der Waals surface area contributed by atoms with Gasteiger partial charge < -0.3 is 25.2 Å². The second-order valence-corrected chi connectivity index (χ2v) is 7.80. The fourth-order valence-corrected chi connectivity index (χ4v) is 3.98. The van der Waals surface area contributed by atoms with Crippen LogP contribution in [0.15, 0.2) is 12.2 Å². The van der Waals surface area contributed by atoms with Crippen LogP contribution in [0.2, 0.25) is 0 Å². The number of aliphatic hydroxyl groups is 3. The standard InChI is InChI=1S/C21H38O6/c1-3-4-5-8-15(22)11-12-18-17(19(23)14-20(18)24)10-7-6-9-16(27-2)13-21(25)26/h11-12,15-20,22-24H,3-10,13-14H2,1-2H3,(H,25,26)/b12-11+/t15-,16+,17-,18+,19+,20-/m1/s1. The Morgan fingerprint density at radius 2 is 1.85 bits per heavy atom. The van der Waals surface area contributed by atoms with Crippen molar-refractivity contribution in [3.63, 3.8) is 0 Å². The first-order valence-electron chi connectivity index (χ1n) is 10.4. The second kappa shape index (κ2) is 13.3. The van der Waals surface area contributed by atoms with E-state index in [1.54, 1.807) is 6.08 Å². The number of methoxy groups -OCH3 is 1. The number of unbranched alkanes of at least 4 members (excludes halogenated alkanes) is 3. The number of carbonyl (C=O) groups is 1. The van der Waals surface area contributed by atoms with Crippen molar-refractivity contribution >= 4 is 5.97 Å². The Labute approximate surface area is 163 Å². The summed E-state index contributed by atoms with van der Waals surface area (Å²) in [7, 11) is 1.53. The molecule has 1 aliphatic rings. The van der Waals surface area contributed by atoms with E-state index >= 15 is 0 Å². The first-order valence-corrected chi connectivity index (χ1v) is 10.4. The van der Waals surface area contributed by atoms with Crippen molar-refractivity contribution in [2.75, 3.05) is 7.11 Å². The van der Waals surface area contributed by atoms with Crippen LogP contribution in [0.3, 0.4) is 0 Å². The maximum Gasteiger partial charge on any atom is 0.305 e. The molecule has 158 valence electrons. The van der Waals surface area contributed by atoms with Crippen LogP contribution < -0.4 is 0 Å². The molecule has 1 fully saturated rings. The Morgan fingerprint density at radius 3 is 2.48 bits per heavy atom. The van der Waals surface area contributed by atoms with E-state index in [-0.39, 0.29) is 24.4 Å². The lowest BCUT2D eigenvalue weighted by atomic mass is 9.87. The summed E-state index contributed by atoms with van der Waals surface area (Å²) in [6.45, 7) is 2.12. The van der Waals surface area contributed by atoms with Gasteiger partial charge in [-0.2, -0.15) is 0 Å². The Balaban J connectivity index is 2.45. The molecule has 1 aliphatic carbocycles. The van der Waals surface area contributed by atoms with Crippen molar-refractivity contribution in [1.29, 1.82) is 0 Å². The smallest absolute Gasteiger partial charge is 0.305 e. The van der Waals surface area contributed by atoms with Gasteiger partial charge in [0.05, 0.1) is 30.8 Å². The molecule has 0 radical (unpaired) electrons. The van der Waals surface area contributed by atoms with E-state index < -0.39 is 24.3 Å². The molecule has 0 bridgehead atoms. The van der Waals surface area contributed by atoms with Gasteiger partial charge in [0.2, 0.25) is 0 Å². The van der Waals surface area contributed by atoms with Gasteiger partial charge >= 0.3 is 5.97 Å². The quantitative estimate of drug-likeness (QED) is 0.270. The van der Waals surface area contributed by atoms with Gasteiger partial charge in [-0.1, -0.05) is 51.2 Å². The highest BCUT2D eigenvalue weighted by molar-refractivity contribution is 5.67. The Kier molecular flexibility index (Phi) is 11.8. The summed E-state index contributed by atoms with van der Waals surface area (Å²) in [5, 5.41) is 39.4. The zero-order valence-corrected chi connectivity index (χ0v) is 16.8. The number of hydrogen-bond acceptors (Lipinski definition) is 5. The number of aliphatic carboxylic acids is 1. The van der Waals surface area contributed by atoms with E-state index in [9.17, 15) is 20.1 Å². The molecule has 1 saturated carbocycles. The van der Waals surface area contributed by atoms with Crippen molar-refractivity contribution < 1.29 is 30.0 Å². The molecule has 0 saturated heterocycles. The summed E-state index contributed by atoms with van der Waals surface area (Å²) in [4.78, 5) is 10.8. The molecule has 0 heterocycles. The minimum atomic E-state index is -0.862. The van der Waals surface area contributed by atoms with Crippen LogP contribution in [-0.2, 0) is 9.53 Å². The van der Waals surface area contributed by atoms with Crippen LogP contribution in [0.25, 0.3) is 0 Å². The highest BCUT2D eigenvalue weighted by atomic mass is 16.5. The van der Waals surface area contributed by atoms with E-state index in [0.717, 1.165) is 44.9 Å². The minimum absolute atomic E-state index is 0.00253. The molecule has 27 heavy (non-hydrogen) atoms. The van der Waals surface area contributed by atoms with Crippen molar-refractivity contribution in [2.24, 2.45) is 11.8 Å². The zero-order valence-electron chi connectivity index (χ0n) is 16.8. The third kappa shape index (κ3) is 9.19. The minimum Gasteiger partial charge on any atom is -0.481 e. The van der Waals surface area contributed by atoms with Crippen LogP contribution in [0.1, 0.15) is 71.1 Å². The number of aliphatic hydroxyl groups excluding tert-OH is 3. The molecule has 6 heteroatoms. The lowest BCUT2D eigenvalue weighted by Gasteiger charge is -2.21. The third-order valence-electron chi connectivity index (χ3n) is 5.62. The van der Waals surface area contributed by atoms with Crippen molar-refractivity contribution in [3.05, 3.63) is 12.2 Å². The summed E-state index contributed by atoms with van der Waals surface area (Å²) in [5.41, 5.74) is 0. The van der Waals surface area contributed by atoms with Gasteiger partial charge in [0.15, 0.2) is 0 Å². The highest BCUT2D eigenvalue weighted by Crippen LogP contribution is 2.37. The topological polar surface area (TPSA) is 107 Å². The average Bonchev–Trinajstić information content (AvgIpc) is 2.88. The number of rotatable bonds is 14. The first kappa shape index (κ1) is 24.1. The highest BCUT2D eigenvalue weighted by Gasteiger charge is 2.39. The van der Waals surface area contributed by atoms with Crippen molar-refractivity contribution in [2.45, 2.75) is 95.5 Å². The van der Waals surface area contributed by atoms with Crippen LogP contribution >= 0.6 is 0 Å². The average molecular weight is 387 g/mol. The Morgan fingerprint density at radius 1 is 1.15 bits per heavy atom. The maximum absolute atomic E-state index is 10.8. The summed E-state index contributed by atoms with van der Waals surface area (Å²) in [6.07, 6.45) is 9.14. The molecule has 0 aromatic carbocycles. The summed E-state index contributed by atoms with van der Waals surface area (Å²) >= 11 is 0. The zero-order chi connectivity index (χ0) is 20.2. The van der Waals surface area contributed by atoms with E-state index in [0.29, 0.717) is 12.8 Å². The first-order chi connectivity index (χ1) is 12.9. The Hall–Kier alpha value is -0.950. The maximum atomic E-state index is 10.8. The van der Waals surface area contributed by atoms with Gasteiger partial charge in [0.1, 0.15) is 0 Å². The second-order valence-electron chi connectivity index (χ2n) is 7.80. The number of carboxylic acid groups (broad SMARTS) is 1. The van der Waals surface area contributed by atoms with Crippen LogP contribution in [-0.4, -0.2) is 57.9 Å². The van der Waals surface area contributed by atoms with Gasteiger partial charge in [-0.15, -0.1) is 0 Å². The molecule has 1 rings (SSSR count). The predicted octanol–water partition coefficient (Wildman–Crippen LogP) is 2.89. The molecule has 4 N–H and O–H groups in total. The molecule has 6 atom stereocenters. The fraction of sp³-hybridized carbons (Fsp3) is 0.857. The van der Waals surface area contributed by atoms with E-state index in [2.05, 4.69) is 6.92 Å². The largest absolute Gasteiger partial charge is 0.481 e. The monoisotopic (exact) mass is 386 g/mol. The van der Waals surface area contributed by atoms with E-state index in [1.807, 2.05) is 6.08 Å². The van der Waals surface area contributed by atoms with Gasteiger partial charge in [0, 0.05) is 19.4 Å². The fourth-order valence-electron chi connectivity index (χ4n) is 3.98. The predicted molar refractivity (Wildman–Crippen MR) is 104 cm³/mol. The van der Waals surface area contributed by atoms with E-state index in [4.69, 9.17) is 9.84 Å². The number of carboxylic acids is 1. The van der Waals surface area contributed by atoms with Crippen LogP contribution in [0.4, 0.5) is 0 Å².